The SMILES string of the molecule is CS(=O)CCCNC(=O)N[C@H](Cc1ccccc1)C(=O)O. The zero-order chi connectivity index (χ0) is 15.7. The molecule has 1 aromatic rings. The van der Waals surface area contributed by atoms with Crippen LogP contribution in [0.3, 0.4) is 0 Å². The van der Waals surface area contributed by atoms with Gasteiger partial charge in [-0.05, 0) is 12.0 Å². The number of carboxylic acid groups (broad SMARTS) is 1. The van der Waals surface area contributed by atoms with E-state index in [-0.39, 0.29) is 6.42 Å². The van der Waals surface area contributed by atoms with Crippen LogP contribution in [-0.4, -0.2) is 45.9 Å². The second kappa shape index (κ2) is 9.12. The van der Waals surface area contributed by atoms with E-state index in [1.54, 1.807) is 6.26 Å². The van der Waals surface area contributed by atoms with Gasteiger partial charge in [-0.15, -0.1) is 0 Å². The number of aliphatic carboxylic acids is 1. The van der Waals surface area contributed by atoms with Gasteiger partial charge in [-0.3, -0.25) is 4.21 Å². The molecule has 2 atom stereocenters. The van der Waals surface area contributed by atoms with E-state index in [1.807, 2.05) is 30.3 Å². The van der Waals surface area contributed by atoms with Crippen molar-refractivity contribution in [2.24, 2.45) is 0 Å². The summed E-state index contributed by atoms with van der Waals surface area (Å²) in [6.45, 7) is 0.364. The van der Waals surface area contributed by atoms with E-state index in [0.29, 0.717) is 18.7 Å². The Morgan fingerprint density at radius 1 is 1.29 bits per heavy atom. The molecule has 0 aliphatic heterocycles. The lowest BCUT2D eigenvalue weighted by molar-refractivity contribution is -0.139. The van der Waals surface area contributed by atoms with E-state index in [2.05, 4.69) is 10.6 Å². The highest BCUT2D eigenvalue weighted by Gasteiger charge is 2.19. The number of carboxylic acids is 1. The van der Waals surface area contributed by atoms with Gasteiger partial charge in [-0.2, -0.15) is 0 Å². The molecule has 0 fully saturated rings. The van der Waals surface area contributed by atoms with Gasteiger partial charge in [0.25, 0.3) is 0 Å². The molecule has 21 heavy (non-hydrogen) atoms. The molecule has 1 rings (SSSR count). The summed E-state index contributed by atoms with van der Waals surface area (Å²) in [5.74, 6) is -0.573. The lowest BCUT2D eigenvalue weighted by atomic mass is 10.1. The van der Waals surface area contributed by atoms with Crippen molar-refractivity contribution in [2.45, 2.75) is 18.9 Å². The van der Waals surface area contributed by atoms with E-state index in [4.69, 9.17) is 5.11 Å². The van der Waals surface area contributed by atoms with Gasteiger partial charge in [0.2, 0.25) is 0 Å². The molecule has 0 saturated heterocycles. The molecule has 0 aliphatic carbocycles. The van der Waals surface area contributed by atoms with Gasteiger partial charge < -0.3 is 15.7 Å². The van der Waals surface area contributed by atoms with E-state index in [1.165, 1.54) is 0 Å². The normalized spacial score (nSPS) is 13.2. The summed E-state index contributed by atoms with van der Waals surface area (Å²) in [5.41, 5.74) is 0.839. The molecule has 2 amide bonds. The first-order valence-electron chi connectivity index (χ1n) is 6.60. The van der Waals surface area contributed by atoms with Crippen molar-refractivity contribution in [3.63, 3.8) is 0 Å². The Morgan fingerprint density at radius 2 is 1.95 bits per heavy atom. The Kier molecular flexibility index (Phi) is 7.45. The van der Waals surface area contributed by atoms with Crippen LogP contribution in [0.1, 0.15) is 12.0 Å². The average molecular weight is 312 g/mol. The van der Waals surface area contributed by atoms with Crippen LogP contribution >= 0.6 is 0 Å². The van der Waals surface area contributed by atoms with Gasteiger partial charge in [0, 0.05) is 35.8 Å². The predicted molar refractivity (Wildman–Crippen MR) is 81.7 cm³/mol. The Balaban J connectivity index is 2.41. The van der Waals surface area contributed by atoms with Gasteiger partial charge in [0.15, 0.2) is 0 Å². The molecule has 0 spiro atoms. The number of benzene rings is 1. The summed E-state index contributed by atoms with van der Waals surface area (Å²) in [6.07, 6.45) is 2.41. The molecule has 0 aromatic heterocycles. The molecule has 0 aliphatic rings. The van der Waals surface area contributed by atoms with Crippen molar-refractivity contribution in [2.75, 3.05) is 18.6 Å². The van der Waals surface area contributed by atoms with Gasteiger partial charge in [-0.1, -0.05) is 30.3 Å². The smallest absolute Gasteiger partial charge is 0.326 e. The maximum atomic E-state index is 11.6. The number of amides is 2. The highest BCUT2D eigenvalue weighted by molar-refractivity contribution is 7.84. The monoisotopic (exact) mass is 312 g/mol. The predicted octanol–water partition coefficient (Wildman–Crippen LogP) is 0.750. The number of carbonyl (C=O) groups excluding carboxylic acids is 1. The molecule has 0 saturated carbocycles. The van der Waals surface area contributed by atoms with Crippen LogP contribution in [-0.2, 0) is 22.0 Å². The molecule has 3 N–H and O–H groups in total. The lowest BCUT2D eigenvalue weighted by Crippen LogP contribution is -2.47. The van der Waals surface area contributed by atoms with Crippen LogP contribution in [0, 0.1) is 0 Å². The zero-order valence-electron chi connectivity index (χ0n) is 11.9. The summed E-state index contributed by atoms with van der Waals surface area (Å²) < 4.78 is 10.9. The second-order valence-corrected chi connectivity index (χ2v) is 6.17. The molecule has 0 bridgehead atoms. The highest BCUT2D eigenvalue weighted by Crippen LogP contribution is 2.03. The Bertz CT molecular complexity index is 493. The molecular formula is C14H20N2O4S. The third-order valence-corrected chi connectivity index (χ3v) is 3.64. The fraction of sp³-hybridized carbons (Fsp3) is 0.429. The Labute approximate surface area is 126 Å². The minimum atomic E-state index is -1.08. The number of urea groups is 1. The third-order valence-electron chi connectivity index (χ3n) is 2.78. The number of hydrogen-bond acceptors (Lipinski definition) is 3. The van der Waals surface area contributed by atoms with Crippen LogP contribution in [0.25, 0.3) is 0 Å². The van der Waals surface area contributed by atoms with Gasteiger partial charge in [0.1, 0.15) is 6.04 Å². The molecule has 116 valence electrons. The zero-order valence-corrected chi connectivity index (χ0v) is 12.7. The van der Waals surface area contributed by atoms with Crippen molar-refractivity contribution >= 4 is 22.8 Å². The maximum Gasteiger partial charge on any atom is 0.326 e. The Morgan fingerprint density at radius 3 is 2.52 bits per heavy atom. The molecule has 7 heteroatoms. The van der Waals surface area contributed by atoms with Crippen molar-refractivity contribution in [1.82, 2.24) is 10.6 Å². The van der Waals surface area contributed by atoms with Gasteiger partial charge in [-0.25, -0.2) is 9.59 Å². The minimum absolute atomic E-state index is 0.225. The van der Waals surface area contributed by atoms with Crippen molar-refractivity contribution in [3.8, 4) is 0 Å². The first-order valence-corrected chi connectivity index (χ1v) is 8.33. The van der Waals surface area contributed by atoms with Crippen LogP contribution in [0.4, 0.5) is 4.79 Å². The van der Waals surface area contributed by atoms with Gasteiger partial charge in [0.05, 0.1) is 0 Å². The van der Waals surface area contributed by atoms with Crippen molar-refractivity contribution in [1.29, 1.82) is 0 Å². The minimum Gasteiger partial charge on any atom is -0.480 e. The van der Waals surface area contributed by atoms with E-state index >= 15 is 0 Å². The van der Waals surface area contributed by atoms with Crippen molar-refractivity contribution in [3.05, 3.63) is 35.9 Å². The number of hydrogen-bond donors (Lipinski definition) is 3. The summed E-state index contributed by atoms with van der Waals surface area (Å²) in [4.78, 5) is 22.8. The standard InChI is InChI=1S/C14H20N2O4S/c1-21(20)9-5-8-15-14(19)16-12(13(17)18)10-11-6-3-2-4-7-11/h2-4,6-7,12H,5,8-10H2,1H3,(H,17,18)(H2,15,16,19)/t12-,21?/m1/s1. The summed E-state index contributed by atoms with van der Waals surface area (Å²) >= 11 is 0. The second-order valence-electron chi connectivity index (χ2n) is 4.61. The van der Waals surface area contributed by atoms with Crippen LogP contribution in [0.5, 0.6) is 0 Å². The average Bonchev–Trinajstić information content (AvgIpc) is 2.44. The number of rotatable bonds is 8. The van der Waals surface area contributed by atoms with Crippen molar-refractivity contribution < 1.29 is 18.9 Å². The first kappa shape index (κ1) is 17.2. The molecule has 1 unspecified atom stereocenters. The molecule has 1 aromatic carbocycles. The molecular weight excluding hydrogens is 292 g/mol. The van der Waals surface area contributed by atoms with Gasteiger partial charge >= 0.3 is 12.0 Å². The fourth-order valence-electron chi connectivity index (χ4n) is 1.74. The van der Waals surface area contributed by atoms with Crippen LogP contribution < -0.4 is 10.6 Å². The number of carbonyl (C=O) groups is 2. The van der Waals surface area contributed by atoms with E-state index < -0.39 is 28.8 Å². The molecule has 0 heterocycles. The topological polar surface area (TPSA) is 95.5 Å². The summed E-state index contributed by atoms with van der Waals surface area (Å²) in [5, 5.41) is 14.1. The van der Waals surface area contributed by atoms with E-state index in [9.17, 15) is 13.8 Å². The van der Waals surface area contributed by atoms with E-state index in [0.717, 1.165) is 5.56 Å². The number of nitrogens with one attached hydrogen (secondary N) is 2. The van der Waals surface area contributed by atoms with Crippen LogP contribution in [0.2, 0.25) is 0 Å². The first-order chi connectivity index (χ1) is 9.99. The van der Waals surface area contributed by atoms with Crippen LogP contribution in [0.15, 0.2) is 30.3 Å². The maximum absolute atomic E-state index is 11.6. The summed E-state index contributed by atoms with van der Waals surface area (Å²) in [7, 11) is -0.891. The largest absolute Gasteiger partial charge is 0.480 e. The lowest BCUT2D eigenvalue weighted by Gasteiger charge is -2.15. The highest BCUT2D eigenvalue weighted by atomic mass is 32.2. The summed E-state index contributed by atoms with van der Waals surface area (Å²) in [6, 6.07) is 7.60. The molecule has 6 nitrogen and oxygen atoms in total. The third kappa shape index (κ3) is 7.45. The Hall–Kier alpha value is -1.89. The quantitative estimate of drug-likeness (QED) is 0.617. The molecule has 0 radical (unpaired) electrons. The fourth-order valence-corrected chi connectivity index (χ4v) is 2.29.